The minimum atomic E-state index is -1.33. The van der Waals surface area contributed by atoms with Crippen LogP contribution in [0.25, 0.3) is 0 Å². The van der Waals surface area contributed by atoms with Crippen molar-refractivity contribution in [1.82, 2.24) is 4.90 Å². The average molecular weight is 835 g/mol. The highest BCUT2D eigenvalue weighted by Crippen LogP contribution is 2.62. The van der Waals surface area contributed by atoms with Crippen molar-refractivity contribution in [2.75, 3.05) is 58.5 Å². The number of nitrogens with zero attached hydrogens (tertiary/aromatic N) is 2. The Bertz CT molecular complexity index is 1730. The van der Waals surface area contributed by atoms with Crippen molar-refractivity contribution in [2.45, 2.75) is 107 Å². The number of unbranched alkanes of at least 4 members (excludes halogenated alkanes) is 2. The molecule has 1 amide bonds. The summed E-state index contributed by atoms with van der Waals surface area (Å²) in [5, 5.41) is 34.3. The summed E-state index contributed by atoms with van der Waals surface area (Å²) >= 11 is 1.75. The molecule has 1 aliphatic heterocycles. The highest BCUT2D eigenvalue weighted by Gasteiger charge is 2.66. The average Bonchev–Trinajstić information content (AvgIpc) is 4.08. The Kier molecular flexibility index (Phi) is 16.4. The molecule has 2 fully saturated rings. The van der Waals surface area contributed by atoms with E-state index in [4.69, 9.17) is 28.9 Å². The van der Waals surface area contributed by atoms with Gasteiger partial charge in [0.05, 0.1) is 44.7 Å². The summed E-state index contributed by atoms with van der Waals surface area (Å²) < 4.78 is 26.7. The topological polar surface area (TPSA) is 140 Å². The summed E-state index contributed by atoms with van der Waals surface area (Å²) in [7, 11) is 0. The molecule has 0 spiro atoms. The van der Waals surface area contributed by atoms with Crippen LogP contribution in [0.4, 0.5) is 0 Å². The van der Waals surface area contributed by atoms with Gasteiger partial charge >= 0.3 is 0 Å². The normalized spacial score (nSPS) is 25.4. The number of fused-ring (bicyclic) bond motifs is 2. The van der Waals surface area contributed by atoms with Gasteiger partial charge in [-0.25, -0.2) is 0 Å². The SMILES string of the molecule is C=CCO[C@@]12Oc3ccc(OCCSc4ccccc4)cc3[C@H]3[C@H](CCCCO)[C@@H](CCCCO)C=C(C(=NOC(C)(C)C)C[C@@H]1N(CCOCCO)C(=O)C1CC1)[C@H]32. The molecule has 0 bridgehead atoms. The summed E-state index contributed by atoms with van der Waals surface area (Å²) in [6, 6.07) is 15.8. The van der Waals surface area contributed by atoms with Crippen LogP contribution in [0.15, 0.2) is 82.9 Å². The van der Waals surface area contributed by atoms with Crippen molar-refractivity contribution in [1.29, 1.82) is 0 Å². The van der Waals surface area contributed by atoms with E-state index in [1.807, 2.05) is 56.0 Å². The second-order valence-corrected chi connectivity index (χ2v) is 18.3. The van der Waals surface area contributed by atoms with E-state index in [2.05, 4.69) is 30.9 Å². The van der Waals surface area contributed by atoms with E-state index < -0.39 is 23.3 Å². The van der Waals surface area contributed by atoms with Crippen molar-refractivity contribution < 1.29 is 43.9 Å². The molecule has 3 aliphatic carbocycles. The Morgan fingerprint density at radius 1 is 1.00 bits per heavy atom. The van der Waals surface area contributed by atoms with Gasteiger partial charge in [0, 0.05) is 54.2 Å². The molecule has 59 heavy (non-hydrogen) atoms. The van der Waals surface area contributed by atoms with Crippen LogP contribution in [-0.4, -0.2) is 108 Å². The molecule has 0 unspecified atom stereocenters. The summed E-state index contributed by atoms with van der Waals surface area (Å²) in [4.78, 5) is 23.9. The van der Waals surface area contributed by atoms with Gasteiger partial charge in [0.25, 0.3) is 0 Å². The maximum Gasteiger partial charge on any atom is 0.239 e. The first-order valence-electron chi connectivity index (χ1n) is 21.7. The molecular weight excluding hydrogens is 769 g/mol. The van der Waals surface area contributed by atoms with E-state index >= 15 is 0 Å². The molecule has 0 radical (unpaired) electrons. The first kappa shape index (κ1) is 45.1. The first-order valence-corrected chi connectivity index (χ1v) is 22.7. The van der Waals surface area contributed by atoms with Gasteiger partial charge in [0.15, 0.2) is 0 Å². The van der Waals surface area contributed by atoms with E-state index in [0.717, 1.165) is 66.9 Å². The zero-order valence-corrected chi connectivity index (χ0v) is 36.1. The van der Waals surface area contributed by atoms with Crippen molar-refractivity contribution in [3.63, 3.8) is 0 Å². The van der Waals surface area contributed by atoms with Gasteiger partial charge in [-0.05, 0) is 107 Å². The number of hydrogen-bond donors (Lipinski definition) is 3. The third-order valence-electron chi connectivity index (χ3n) is 11.7. The molecule has 2 aromatic rings. The Labute approximate surface area is 355 Å². The minimum Gasteiger partial charge on any atom is -0.493 e. The zero-order valence-electron chi connectivity index (χ0n) is 35.3. The van der Waals surface area contributed by atoms with Crippen LogP contribution in [0.5, 0.6) is 11.5 Å². The second-order valence-electron chi connectivity index (χ2n) is 17.1. The molecule has 4 aliphatic rings. The van der Waals surface area contributed by atoms with Gasteiger partial charge in [-0.15, -0.1) is 18.3 Å². The first-order chi connectivity index (χ1) is 28.6. The molecule has 0 saturated heterocycles. The fourth-order valence-electron chi connectivity index (χ4n) is 9.08. The smallest absolute Gasteiger partial charge is 0.239 e. The molecule has 2 aromatic carbocycles. The number of ether oxygens (including phenoxy) is 4. The van der Waals surface area contributed by atoms with Gasteiger partial charge in [-0.2, -0.15) is 0 Å². The quantitative estimate of drug-likeness (QED) is 0.0421. The van der Waals surface area contributed by atoms with Crippen LogP contribution in [0, 0.1) is 23.7 Å². The number of aliphatic hydroxyl groups is 3. The number of allylic oxidation sites excluding steroid dienone is 1. The number of carbonyl (C=O) groups excluding carboxylic acids is 1. The van der Waals surface area contributed by atoms with Gasteiger partial charge < -0.3 is 44.0 Å². The molecule has 3 N–H and O–H groups in total. The van der Waals surface area contributed by atoms with Gasteiger partial charge in [0.2, 0.25) is 11.7 Å². The third kappa shape index (κ3) is 11.3. The number of aliphatic hydroxyl groups excluding tert-OH is 3. The molecule has 324 valence electrons. The van der Waals surface area contributed by atoms with Gasteiger partial charge in [-0.3, -0.25) is 4.79 Å². The molecule has 0 aromatic heterocycles. The summed E-state index contributed by atoms with van der Waals surface area (Å²) in [5.74, 6) is 0.529. The van der Waals surface area contributed by atoms with E-state index in [-0.39, 0.29) is 75.8 Å². The van der Waals surface area contributed by atoms with Crippen LogP contribution < -0.4 is 9.47 Å². The summed E-state index contributed by atoms with van der Waals surface area (Å²) in [5.41, 5.74) is 2.22. The van der Waals surface area contributed by atoms with Crippen molar-refractivity contribution in [3.05, 3.63) is 78.4 Å². The van der Waals surface area contributed by atoms with E-state index in [0.29, 0.717) is 31.6 Å². The molecular formula is C47H66N2O9S. The van der Waals surface area contributed by atoms with Crippen molar-refractivity contribution in [3.8, 4) is 11.5 Å². The number of hydrogen-bond acceptors (Lipinski definition) is 11. The minimum absolute atomic E-state index is 0.0351. The maximum atomic E-state index is 14.5. The number of amides is 1. The largest absolute Gasteiger partial charge is 0.493 e. The summed E-state index contributed by atoms with van der Waals surface area (Å²) in [6.45, 7) is 11.5. The number of oxime groups is 1. The molecule has 6 atom stereocenters. The Hall–Kier alpha value is -3.39. The van der Waals surface area contributed by atoms with Crippen molar-refractivity contribution >= 4 is 23.4 Å². The zero-order chi connectivity index (χ0) is 41.8. The molecule has 11 nitrogen and oxygen atoms in total. The molecule has 1 heterocycles. The fraction of sp³-hybridized carbons (Fsp3) is 0.617. The molecule has 12 heteroatoms. The van der Waals surface area contributed by atoms with Gasteiger partial charge in [-0.1, -0.05) is 48.3 Å². The lowest BCUT2D eigenvalue weighted by atomic mass is 9.55. The third-order valence-corrected chi connectivity index (χ3v) is 12.7. The lowest BCUT2D eigenvalue weighted by Crippen LogP contribution is -2.70. The van der Waals surface area contributed by atoms with Crippen LogP contribution in [-0.2, 0) is 19.1 Å². The fourth-order valence-corrected chi connectivity index (χ4v) is 9.83. The van der Waals surface area contributed by atoms with Crippen LogP contribution >= 0.6 is 11.8 Å². The van der Waals surface area contributed by atoms with Crippen LogP contribution in [0.1, 0.15) is 90.0 Å². The number of thioether (sulfide) groups is 1. The lowest BCUT2D eigenvalue weighted by molar-refractivity contribution is -0.258. The standard InChI is InChI=1S/C47H66N2O9S/c1-5-25-56-47-42(49(21-26-54-27-24-52)45(53)33-17-18-33)32-40(48-58-46(2,3)4)38-30-34(13-9-11-22-50)37(16-10-12-23-51)43(44(38)47)39-31-35(19-20-41(39)57-47)55-28-29-59-36-14-7-6-8-15-36/h5-8,14-15,19-20,30-31,33-34,37,42-44,50-52H,1,9-13,16-18,21-29,32H2,2-4H3/t34-,37+,42-,43+,44+,47+/m0/s1. The predicted molar refractivity (Wildman–Crippen MR) is 231 cm³/mol. The number of carbonyl (C=O) groups is 1. The Morgan fingerprint density at radius 3 is 2.46 bits per heavy atom. The van der Waals surface area contributed by atoms with E-state index in [1.165, 1.54) is 4.90 Å². The Balaban J connectivity index is 1.51. The highest BCUT2D eigenvalue weighted by atomic mass is 32.2. The van der Waals surface area contributed by atoms with E-state index in [9.17, 15) is 20.1 Å². The van der Waals surface area contributed by atoms with Crippen LogP contribution in [0.3, 0.4) is 0 Å². The highest BCUT2D eigenvalue weighted by molar-refractivity contribution is 7.99. The summed E-state index contributed by atoms with van der Waals surface area (Å²) in [6.07, 6.45) is 10.9. The number of rotatable bonds is 24. The van der Waals surface area contributed by atoms with Crippen LogP contribution in [0.2, 0.25) is 0 Å². The maximum absolute atomic E-state index is 14.5. The second kappa shape index (κ2) is 21.4. The lowest BCUT2D eigenvalue weighted by Gasteiger charge is -2.60. The monoisotopic (exact) mass is 834 g/mol. The molecule has 6 rings (SSSR count). The Morgan fingerprint density at radius 2 is 1.76 bits per heavy atom. The molecule has 2 saturated carbocycles. The van der Waals surface area contributed by atoms with E-state index in [1.54, 1.807) is 17.8 Å². The van der Waals surface area contributed by atoms with Gasteiger partial charge in [0.1, 0.15) is 23.1 Å². The van der Waals surface area contributed by atoms with Crippen molar-refractivity contribution in [2.24, 2.45) is 28.8 Å². The predicted octanol–water partition coefficient (Wildman–Crippen LogP) is 7.54. The number of benzene rings is 2.